The molecular weight excluding hydrogens is 436 g/mol. The zero-order valence-corrected chi connectivity index (χ0v) is 15.1. The van der Waals surface area contributed by atoms with Gasteiger partial charge in [0.05, 0.1) is 10.5 Å². The van der Waals surface area contributed by atoms with Crippen LogP contribution in [-0.2, 0) is 6.18 Å². The van der Waals surface area contributed by atoms with Gasteiger partial charge >= 0.3 is 17.9 Å². The van der Waals surface area contributed by atoms with Gasteiger partial charge in [-0.1, -0.05) is 30.3 Å². The van der Waals surface area contributed by atoms with Crippen LogP contribution in [0.5, 0.6) is 0 Å². The van der Waals surface area contributed by atoms with E-state index in [1.807, 2.05) is 0 Å². The largest absolute Gasteiger partial charge is 0.467 e. The number of nitrogens with zero attached hydrogens (tertiary/aromatic N) is 2. The molecular formula is C18H11F6N3O4. The van der Waals surface area contributed by atoms with E-state index >= 15 is 0 Å². The van der Waals surface area contributed by atoms with Crippen LogP contribution < -0.4 is 5.32 Å². The first-order chi connectivity index (χ1) is 14.3. The van der Waals surface area contributed by atoms with Crippen molar-refractivity contribution in [1.29, 1.82) is 0 Å². The molecule has 0 aliphatic heterocycles. The van der Waals surface area contributed by atoms with Gasteiger partial charge < -0.3 is 5.32 Å². The first-order valence-corrected chi connectivity index (χ1v) is 8.41. The summed E-state index contributed by atoms with van der Waals surface area (Å²) in [4.78, 5) is 20.0. The second kappa shape index (κ2) is 7.25. The van der Waals surface area contributed by atoms with Gasteiger partial charge in [-0.15, -0.1) is 0 Å². The number of allylic oxidation sites excluding steroid dienone is 2. The number of nitro groups is 2. The molecule has 0 radical (unpaired) electrons. The number of anilines is 1. The SMILES string of the molecule is O=[N+]([O-])C1=CC=CC([N+](=O)[O-])(C(F)(F)F)C1Nc1ccc(C(F)(F)F)c2ccccc12. The Labute approximate surface area is 168 Å². The molecule has 0 aromatic heterocycles. The first-order valence-electron chi connectivity index (χ1n) is 8.41. The molecule has 1 aliphatic rings. The van der Waals surface area contributed by atoms with Crippen molar-refractivity contribution in [2.45, 2.75) is 23.9 Å². The molecule has 1 aliphatic carbocycles. The molecule has 0 heterocycles. The van der Waals surface area contributed by atoms with Gasteiger partial charge in [-0.2, -0.15) is 26.3 Å². The molecule has 3 rings (SSSR count). The first kappa shape index (κ1) is 22.1. The quantitative estimate of drug-likeness (QED) is 0.407. The fourth-order valence-corrected chi connectivity index (χ4v) is 3.42. The smallest absolute Gasteiger partial charge is 0.366 e. The predicted octanol–water partition coefficient (Wildman–Crippen LogP) is 4.95. The lowest BCUT2D eigenvalue weighted by molar-refractivity contribution is -0.604. The zero-order chi connectivity index (χ0) is 23.2. The average molecular weight is 447 g/mol. The van der Waals surface area contributed by atoms with E-state index < -0.39 is 50.4 Å². The van der Waals surface area contributed by atoms with Crippen LogP contribution in [0.15, 0.2) is 60.3 Å². The standard InChI is InChI=1S/C18H11F6N3O4/c19-17(20,21)12-7-8-13(11-5-2-1-4-10(11)12)25-15-14(26(28)29)6-3-9-16(15,27(30)31)18(22,23)24/h1-9,15,25H. The summed E-state index contributed by atoms with van der Waals surface area (Å²) in [7, 11) is 0. The summed E-state index contributed by atoms with van der Waals surface area (Å²) >= 11 is 0. The second-order valence-electron chi connectivity index (χ2n) is 6.57. The molecule has 13 heteroatoms. The number of rotatable bonds is 4. The maximum Gasteiger partial charge on any atom is 0.467 e. The van der Waals surface area contributed by atoms with E-state index in [-0.39, 0.29) is 17.1 Å². The molecule has 2 atom stereocenters. The molecule has 0 spiro atoms. The number of alkyl halides is 6. The number of fused-ring (bicyclic) bond motifs is 1. The Hall–Kier alpha value is -3.64. The van der Waals surface area contributed by atoms with Crippen molar-refractivity contribution in [2.24, 2.45) is 0 Å². The molecule has 31 heavy (non-hydrogen) atoms. The number of halogens is 6. The van der Waals surface area contributed by atoms with E-state index in [2.05, 4.69) is 5.32 Å². The summed E-state index contributed by atoms with van der Waals surface area (Å²) in [5.74, 6) is 0. The van der Waals surface area contributed by atoms with E-state index in [1.165, 1.54) is 12.1 Å². The highest BCUT2D eigenvalue weighted by molar-refractivity contribution is 5.96. The lowest BCUT2D eigenvalue weighted by Gasteiger charge is -2.33. The predicted molar refractivity (Wildman–Crippen MR) is 96.4 cm³/mol. The van der Waals surface area contributed by atoms with Gasteiger partial charge in [-0.3, -0.25) is 20.2 Å². The van der Waals surface area contributed by atoms with Crippen LogP contribution in [0.25, 0.3) is 10.8 Å². The van der Waals surface area contributed by atoms with E-state index in [0.29, 0.717) is 18.2 Å². The molecule has 0 saturated carbocycles. The van der Waals surface area contributed by atoms with Gasteiger partial charge in [0.25, 0.3) is 5.70 Å². The van der Waals surface area contributed by atoms with Crippen LogP contribution in [0.1, 0.15) is 5.56 Å². The Morgan fingerprint density at radius 1 is 0.935 bits per heavy atom. The van der Waals surface area contributed by atoms with Crippen LogP contribution >= 0.6 is 0 Å². The average Bonchev–Trinajstić information content (AvgIpc) is 2.66. The van der Waals surface area contributed by atoms with Crippen molar-refractivity contribution in [1.82, 2.24) is 0 Å². The summed E-state index contributed by atoms with van der Waals surface area (Å²) in [6.07, 6.45) is -8.96. The third kappa shape index (κ3) is 3.55. The Bertz CT molecular complexity index is 1130. The summed E-state index contributed by atoms with van der Waals surface area (Å²) in [5.41, 5.74) is -6.54. The van der Waals surface area contributed by atoms with Crippen molar-refractivity contribution in [3.63, 3.8) is 0 Å². The summed E-state index contributed by atoms with van der Waals surface area (Å²) in [5, 5.41) is 24.4. The molecule has 164 valence electrons. The fourth-order valence-electron chi connectivity index (χ4n) is 3.42. The molecule has 0 amide bonds. The van der Waals surface area contributed by atoms with Gasteiger partial charge in [0.15, 0.2) is 0 Å². The van der Waals surface area contributed by atoms with Crippen LogP contribution in [0, 0.1) is 20.2 Å². The number of benzene rings is 2. The Morgan fingerprint density at radius 2 is 1.55 bits per heavy atom. The lowest BCUT2D eigenvalue weighted by atomic mass is 9.83. The normalized spacial score (nSPS) is 21.6. The minimum absolute atomic E-state index is 0.171. The highest BCUT2D eigenvalue weighted by Crippen LogP contribution is 2.44. The Kier molecular flexibility index (Phi) is 5.16. The van der Waals surface area contributed by atoms with E-state index in [1.54, 1.807) is 0 Å². The van der Waals surface area contributed by atoms with Crippen molar-refractivity contribution in [3.8, 4) is 0 Å². The summed E-state index contributed by atoms with van der Waals surface area (Å²) in [6, 6.07) is 3.61. The highest BCUT2D eigenvalue weighted by Gasteiger charge is 2.72. The molecule has 2 unspecified atom stereocenters. The minimum Gasteiger partial charge on any atom is -0.366 e. The monoisotopic (exact) mass is 447 g/mol. The van der Waals surface area contributed by atoms with Crippen molar-refractivity contribution in [2.75, 3.05) is 5.32 Å². The molecule has 0 bridgehead atoms. The maximum absolute atomic E-state index is 13.8. The lowest BCUT2D eigenvalue weighted by Crippen LogP contribution is -2.63. The van der Waals surface area contributed by atoms with Crippen molar-refractivity contribution in [3.05, 3.63) is 86.1 Å². The molecule has 2 aromatic rings. The molecule has 7 nitrogen and oxygen atoms in total. The van der Waals surface area contributed by atoms with Crippen LogP contribution in [-0.4, -0.2) is 27.6 Å². The van der Waals surface area contributed by atoms with Gasteiger partial charge in [0.2, 0.25) is 6.04 Å². The van der Waals surface area contributed by atoms with Gasteiger partial charge in [0.1, 0.15) is 0 Å². The zero-order valence-electron chi connectivity index (χ0n) is 15.1. The van der Waals surface area contributed by atoms with Gasteiger partial charge in [-0.05, 0) is 17.5 Å². The maximum atomic E-state index is 13.8. The van der Waals surface area contributed by atoms with Gasteiger partial charge in [0, 0.05) is 28.1 Å². The molecule has 2 aromatic carbocycles. The molecule has 1 N–H and O–H groups in total. The van der Waals surface area contributed by atoms with E-state index in [0.717, 1.165) is 18.2 Å². The fraction of sp³-hybridized carbons (Fsp3) is 0.222. The second-order valence-corrected chi connectivity index (χ2v) is 6.57. The Morgan fingerprint density at radius 3 is 2.06 bits per heavy atom. The topological polar surface area (TPSA) is 98.3 Å². The van der Waals surface area contributed by atoms with Crippen LogP contribution in [0.3, 0.4) is 0 Å². The van der Waals surface area contributed by atoms with E-state index in [9.17, 15) is 46.6 Å². The summed E-state index contributed by atoms with van der Waals surface area (Å²) < 4.78 is 81.4. The van der Waals surface area contributed by atoms with Crippen LogP contribution in [0.2, 0.25) is 0 Å². The minimum atomic E-state index is -5.57. The third-order valence-electron chi connectivity index (χ3n) is 4.85. The molecule has 0 saturated heterocycles. The highest BCUT2D eigenvalue weighted by atomic mass is 19.4. The third-order valence-corrected chi connectivity index (χ3v) is 4.85. The number of nitrogens with one attached hydrogen (secondary N) is 1. The summed E-state index contributed by atoms with van der Waals surface area (Å²) in [6.45, 7) is 0. The van der Waals surface area contributed by atoms with Crippen molar-refractivity contribution < 1.29 is 36.2 Å². The Balaban J connectivity index is 2.24. The van der Waals surface area contributed by atoms with Crippen LogP contribution in [0.4, 0.5) is 32.0 Å². The number of hydrogen-bond donors (Lipinski definition) is 1. The van der Waals surface area contributed by atoms with E-state index in [4.69, 9.17) is 0 Å². The van der Waals surface area contributed by atoms with Crippen molar-refractivity contribution >= 4 is 16.5 Å². The molecule has 0 fully saturated rings. The van der Waals surface area contributed by atoms with Gasteiger partial charge in [-0.25, -0.2) is 0 Å². The number of hydrogen-bond acceptors (Lipinski definition) is 5.